The lowest BCUT2D eigenvalue weighted by Crippen LogP contribution is -2.69. The Kier molecular flexibility index (Phi) is 21.8. The topological polar surface area (TPSA) is 192 Å². The number of nitrogens with zero attached hydrogens (tertiary/aromatic N) is 3. The van der Waals surface area contributed by atoms with E-state index in [0.29, 0.717) is 42.2 Å². The van der Waals surface area contributed by atoms with Crippen molar-refractivity contribution < 1.29 is 48.5 Å². The number of aliphatic hydroxyl groups excluding tert-OH is 2. The van der Waals surface area contributed by atoms with Gasteiger partial charge in [-0.15, -0.1) is 6.58 Å². The van der Waals surface area contributed by atoms with Crippen LogP contribution in [0.25, 0.3) is 0 Å². The zero-order valence-corrected chi connectivity index (χ0v) is 41.9. The van der Waals surface area contributed by atoms with Crippen LogP contribution in [0, 0.1) is 27.9 Å². The van der Waals surface area contributed by atoms with Gasteiger partial charge in [0.15, 0.2) is 0 Å². The first-order valence-corrected chi connectivity index (χ1v) is 26.0. The number of hydrogen-bond donors (Lipinski definition) is 3. The predicted octanol–water partition coefficient (Wildman–Crippen LogP) is 11.7. The number of nitro benzene ring substituents is 1. The summed E-state index contributed by atoms with van der Waals surface area (Å²) < 4.78 is 26.1. The molecule has 0 saturated heterocycles. The first kappa shape index (κ1) is 54.6. The number of benzene rings is 3. The van der Waals surface area contributed by atoms with Crippen LogP contribution < -0.4 is 14.8 Å². The van der Waals surface area contributed by atoms with Crippen molar-refractivity contribution in [3.05, 3.63) is 124 Å². The van der Waals surface area contributed by atoms with E-state index in [4.69, 9.17) is 28.9 Å². The van der Waals surface area contributed by atoms with Crippen LogP contribution in [0.2, 0.25) is 0 Å². The van der Waals surface area contributed by atoms with Gasteiger partial charge in [-0.3, -0.25) is 10.1 Å². The zero-order chi connectivity index (χ0) is 50.4. The molecule has 1 fully saturated rings. The second-order valence-electron chi connectivity index (χ2n) is 19.1. The van der Waals surface area contributed by atoms with E-state index < -0.39 is 34.9 Å². The number of carbonyl (C=O) groups is 2. The van der Waals surface area contributed by atoms with Gasteiger partial charge >= 0.3 is 12.2 Å². The highest BCUT2D eigenvalue weighted by Gasteiger charge is 2.65. The van der Waals surface area contributed by atoms with Crippen LogP contribution in [0.1, 0.15) is 139 Å². The van der Waals surface area contributed by atoms with Gasteiger partial charge in [0.25, 0.3) is 5.69 Å². The number of fused-ring (bicyclic) bond motifs is 2. The number of oxime groups is 1. The molecule has 6 rings (SSSR count). The van der Waals surface area contributed by atoms with Crippen LogP contribution in [0.3, 0.4) is 0 Å². The molecule has 15 heteroatoms. The molecule has 2 amide bonds. The van der Waals surface area contributed by atoms with Crippen molar-refractivity contribution in [3.8, 4) is 11.5 Å². The SMILES string of the molecule is C=CCOC12Oc3ccc(OC(=O)NCCCCCCCCCCCC)cc3C3C(CCCCO)C(CCCCO)C=C(C(=NOCc4ccc([N+](=O)[O-])cc4)CC1N(C)C(=O)OCc1ccccc1)C32. The van der Waals surface area contributed by atoms with Gasteiger partial charge in [-0.1, -0.05) is 125 Å². The monoisotopic (exact) mass is 981 g/mol. The zero-order valence-electron chi connectivity index (χ0n) is 41.9. The number of nitrogens with one attached hydrogen (secondary N) is 1. The average molecular weight is 981 g/mol. The van der Waals surface area contributed by atoms with Crippen LogP contribution in [0.5, 0.6) is 11.5 Å². The van der Waals surface area contributed by atoms with Crippen molar-refractivity contribution in [3.63, 3.8) is 0 Å². The molecule has 3 aliphatic rings. The number of nitro groups is 1. The largest absolute Gasteiger partial charge is 0.459 e. The number of unbranched alkanes of at least 4 members (excludes halogenated alkanes) is 11. The lowest BCUT2D eigenvalue weighted by molar-refractivity contribution is -0.384. The minimum absolute atomic E-state index is 0.0194. The molecule has 1 heterocycles. The van der Waals surface area contributed by atoms with E-state index in [1.54, 1.807) is 37.4 Å². The molecule has 6 unspecified atom stereocenters. The molecule has 0 spiro atoms. The maximum Gasteiger partial charge on any atom is 0.412 e. The highest BCUT2D eigenvalue weighted by molar-refractivity contribution is 6.03. The van der Waals surface area contributed by atoms with Crippen molar-refractivity contribution in [2.75, 3.05) is 33.4 Å². The molecular formula is C56H76N4O11. The maximum absolute atomic E-state index is 14.3. The molecule has 1 aliphatic heterocycles. The Morgan fingerprint density at radius 2 is 1.56 bits per heavy atom. The number of rotatable bonds is 30. The van der Waals surface area contributed by atoms with E-state index in [1.807, 2.05) is 36.4 Å². The van der Waals surface area contributed by atoms with Gasteiger partial charge in [-0.25, -0.2) is 9.59 Å². The van der Waals surface area contributed by atoms with E-state index >= 15 is 0 Å². The molecular weight excluding hydrogens is 905 g/mol. The summed E-state index contributed by atoms with van der Waals surface area (Å²) in [7, 11) is 1.67. The normalized spacial score (nSPS) is 21.5. The summed E-state index contributed by atoms with van der Waals surface area (Å²) in [5.41, 5.74) is 3.65. The molecule has 0 bridgehead atoms. The Labute approximate surface area is 419 Å². The fourth-order valence-electron chi connectivity index (χ4n) is 10.6. The summed E-state index contributed by atoms with van der Waals surface area (Å²) >= 11 is 0. The van der Waals surface area contributed by atoms with Gasteiger partial charge < -0.3 is 44.2 Å². The van der Waals surface area contributed by atoms with Crippen molar-refractivity contribution in [2.45, 2.75) is 147 Å². The molecule has 1 saturated carbocycles. The van der Waals surface area contributed by atoms with Gasteiger partial charge in [0, 0.05) is 56.8 Å². The molecule has 386 valence electrons. The molecule has 3 aromatic rings. The van der Waals surface area contributed by atoms with Crippen LogP contribution in [0.15, 0.2) is 102 Å². The molecule has 6 atom stereocenters. The van der Waals surface area contributed by atoms with Crippen molar-refractivity contribution in [2.24, 2.45) is 22.9 Å². The fraction of sp³-hybridized carbons (Fsp3) is 0.554. The number of carbonyl (C=O) groups excluding carboxylic acids is 2. The van der Waals surface area contributed by atoms with E-state index in [2.05, 4.69) is 24.9 Å². The lowest BCUT2D eigenvalue weighted by Gasteiger charge is -2.59. The van der Waals surface area contributed by atoms with E-state index in [-0.39, 0.29) is 62.9 Å². The Bertz CT molecular complexity index is 2220. The summed E-state index contributed by atoms with van der Waals surface area (Å²) in [6, 6.07) is 20.1. The van der Waals surface area contributed by atoms with Crippen molar-refractivity contribution in [1.82, 2.24) is 10.2 Å². The van der Waals surface area contributed by atoms with Crippen molar-refractivity contribution in [1.29, 1.82) is 0 Å². The summed E-state index contributed by atoms with van der Waals surface area (Å²) in [5.74, 6) is -1.69. The summed E-state index contributed by atoms with van der Waals surface area (Å²) in [6.45, 7) is 6.96. The molecule has 0 radical (unpaired) electrons. The summed E-state index contributed by atoms with van der Waals surface area (Å²) in [5, 5.41) is 39.1. The molecule has 2 aliphatic carbocycles. The molecule has 71 heavy (non-hydrogen) atoms. The average Bonchev–Trinajstić information content (AvgIpc) is 3.38. The second kappa shape index (κ2) is 28.3. The first-order valence-electron chi connectivity index (χ1n) is 26.0. The number of non-ortho nitro benzene ring substituents is 1. The van der Waals surface area contributed by atoms with E-state index in [0.717, 1.165) is 61.6 Å². The van der Waals surface area contributed by atoms with E-state index in [9.17, 15) is 29.9 Å². The predicted molar refractivity (Wildman–Crippen MR) is 273 cm³/mol. The Hall–Kier alpha value is -5.77. The fourth-order valence-corrected chi connectivity index (χ4v) is 10.6. The number of allylic oxidation sites excluding steroid dienone is 1. The Morgan fingerprint density at radius 3 is 2.24 bits per heavy atom. The molecule has 0 aromatic heterocycles. The minimum Gasteiger partial charge on any atom is -0.459 e. The van der Waals surface area contributed by atoms with Gasteiger partial charge in [0.05, 0.1) is 23.2 Å². The van der Waals surface area contributed by atoms with Gasteiger partial charge in [-0.05, 0) is 91.0 Å². The molecule has 3 N–H and O–H groups in total. The van der Waals surface area contributed by atoms with E-state index in [1.165, 1.54) is 62.0 Å². The smallest absolute Gasteiger partial charge is 0.412 e. The highest BCUT2D eigenvalue weighted by atomic mass is 16.7. The summed E-state index contributed by atoms with van der Waals surface area (Å²) in [6.07, 6.45) is 19.0. The van der Waals surface area contributed by atoms with Gasteiger partial charge in [0.1, 0.15) is 30.8 Å². The second-order valence-corrected chi connectivity index (χ2v) is 19.1. The number of amides is 2. The van der Waals surface area contributed by atoms with Gasteiger partial charge in [0.2, 0.25) is 5.79 Å². The Morgan fingerprint density at radius 1 is 0.887 bits per heavy atom. The standard InChI is InChI=1S/C56H76N4O11/c1-4-6-7-8-9-10-11-12-13-19-32-57-54(63)70-45-30-31-50-48(37-45)52-46(25-18-21-34-62)43(24-17-20-33-61)36-47-49(58-69-40-42-26-28-44(29-27-42)60(65)66)38-51(56(71-50,53(47)52)68-35-5-2)59(3)55(64)67-39-41-22-15-14-16-23-41/h5,14-16,22-23,26-31,36-37,43,46,51-53,61-62H,2,4,6-13,17-21,24-25,32-35,38-40H2,1,3H3,(H,57,63). The number of likely N-dealkylation sites (N-methyl/N-ethyl adjacent to an activating group) is 1. The van der Waals surface area contributed by atoms with Crippen LogP contribution in [-0.4, -0.2) is 83.2 Å². The van der Waals surface area contributed by atoms with Crippen LogP contribution >= 0.6 is 0 Å². The van der Waals surface area contributed by atoms with Gasteiger partial charge in [-0.2, -0.15) is 0 Å². The third-order valence-corrected chi connectivity index (χ3v) is 14.2. The van der Waals surface area contributed by atoms with Crippen molar-refractivity contribution >= 4 is 23.6 Å². The highest BCUT2D eigenvalue weighted by Crippen LogP contribution is 2.62. The molecule has 3 aromatic carbocycles. The Balaban J connectivity index is 1.36. The number of hydrogen-bond acceptors (Lipinski definition) is 12. The first-order chi connectivity index (χ1) is 34.6. The van der Waals surface area contributed by atoms with Crippen LogP contribution in [0.4, 0.5) is 15.3 Å². The lowest BCUT2D eigenvalue weighted by atomic mass is 9.55. The van der Waals surface area contributed by atoms with Crippen LogP contribution in [-0.2, 0) is 27.5 Å². The quantitative estimate of drug-likeness (QED) is 0.0249. The maximum atomic E-state index is 14.3. The number of ether oxygens (including phenoxy) is 4. The summed E-state index contributed by atoms with van der Waals surface area (Å²) in [4.78, 5) is 46.2. The molecule has 15 nitrogen and oxygen atoms in total. The third kappa shape index (κ3) is 14.9. The third-order valence-electron chi connectivity index (χ3n) is 14.2. The number of aliphatic hydroxyl groups is 2. The minimum atomic E-state index is -1.52.